The van der Waals surface area contributed by atoms with Crippen LogP contribution in [-0.2, 0) is 4.79 Å². The standard InChI is InChI=1S/C13H20N2O4/c1-13(15-2,12(14)16)8-19-11-9(17-3)6-5-7-10(11)18-4/h5-7,15H,8H2,1-4H3,(H2,14,16). The molecule has 0 aliphatic rings. The van der Waals surface area contributed by atoms with Gasteiger partial charge >= 0.3 is 0 Å². The molecule has 3 N–H and O–H groups in total. The Balaban J connectivity index is 2.96. The van der Waals surface area contributed by atoms with E-state index in [1.165, 1.54) is 14.2 Å². The van der Waals surface area contributed by atoms with Gasteiger partial charge in [0.1, 0.15) is 12.1 Å². The molecule has 0 saturated heterocycles. The number of para-hydroxylation sites is 1. The average molecular weight is 268 g/mol. The molecule has 0 spiro atoms. The minimum Gasteiger partial charge on any atom is -0.493 e. The van der Waals surface area contributed by atoms with Crippen LogP contribution in [0.4, 0.5) is 0 Å². The van der Waals surface area contributed by atoms with Crippen molar-refractivity contribution in [1.29, 1.82) is 0 Å². The first kappa shape index (κ1) is 15.1. The van der Waals surface area contributed by atoms with Crippen LogP contribution in [0.2, 0.25) is 0 Å². The zero-order valence-corrected chi connectivity index (χ0v) is 11.6. The van der Waals surface area contributed by atoms with E-state index in [-0.39, 0.29) is 6.61 Å². The summed E-state index contributed by atoms with van der Waals surface area (Å²) < 4.78 is 16.1. The average Bonchev–Trinajstić information content (AvgIpc) is 2.43. The summed E-state index contributed by atoms with van der Waals surface area (Å²) in [6.07, 6.45) is 0. The molecular formula is C13H20N2O4. The van der Waals surface area contributed by atoms with Gasteiger partial charge in [-0.15, -0.1) is 0 Å². The summed E-state index contributed by atoms with van der Waals surface area (Å²) >= 11 is 0. The van der Waals surface area contributed by atoms with Crippen LogP contribution in [0.25, 0.3) is 0 Å². The van der Waals surface area contributed by atoms with E-state index in [9.17, 15) is 4.79 Å². The van der Waals surface area contributed by atoms with E-state index < -0.39 is 11.4 Å². The van der Waals surface area contributed by atoms with E-state index in [4.69, 9.17) is 19.9 Å². The monoisotopic (exact) mass is 268 g/mol. The maximum atomic E-state index is 11.4. The molecule has 19 heavy (non-hydrogen) atoms. The molecule has 0 radical (unpaired) electrons. The predicted octanol–water partition coefficient (Wildman–Crippen LogP) is 0.546. The van der Waals surface area contributed by atoms with Crippen LogP contribution >= 0.6 is 0 Å². The van der Waals surface area contributed by atoms with Crippen molar-refractivity contribution in [1.82, 2.24) is 5.32 Å². The van der Waals surface area contributed by atoms with Gasteiger partial charge in [-0.3, -0.25) is 4.79 Å². The van der Waals surface area contributed by atoms with Crippen molar-refractivity contribution in [3.8, 4) is 17.2 Å². The van der Waals surface area contributed by atoms with Crippen LogP contribution in [0.1, 0.15) is 6.92 Å². The summed E-state index contributed by atoms with van der Waals surface area (Å²) in [6, 6.07) is 5.29. The second-order valence-electron chi connectivity index (χ2n) is 4.23. The van der Waals surface area contributed by atoms with Crippen LogP contribution in [0.5, 0.6) is 17.2 Å². The molecule has 1 unspecified atom stereocenters. The molecule has 1 amide bonds. The Bertz CT molecular complexity index is 428. The molecule has 0 aliphatic heterocycles. The van der Waals surface area contributed by atoms with Crippen molar-refractivity contribution < 1.29 is 19.0 Å². The Morgan fingerprint density at radius 1 is 1.32 bits per heavy atom. The molecule has 0 heterocycles. The number of hydrogen-bond donors (Lipinski definition) is 2. The molecule has 1 aromatic carbocycles. The number of rotatable bonds is 7. The zero-order valence-electron chi connectivity index (χ0n) is 11.6. The predicted molar refractivity (Wildman–Crippen MR) is 71.7 cm³/mol. The van der Waals surface area contributed by atoms with Crippen molar-refractivity contribution in [3.05, 3.63) is 18.2 Å². The van der Waals surface area contributed by atoms with E-state index in [1.54, 1.807) is 32.2 Å². The highest BCUT2D eigenvalue weighted by molar-refractivity contribution is 5.84. The van der Waals surface area contributed by atoms with Crippen LogP contribution in [0.3, 0.4) is 0 Å². The number of ether oxygens (including phenoxy) is 3. The number of carbonyl (C=O) groups excluding carboxylic acids is 1. The first-order chi connectivity index (χ1) is 8.98. The minimum absolute atomic E-state index is 0.0650. The Kier molecular flexibility index (Phi) is 5.00. The van der Waals surface area contributed by atoms with Crippen molar-refractivity contribution in [2.45, 2.75) is 12.5 Å². The molecule has 1 atom stereocenters. The van der Waals surface area contributed by atoms with Crippen LogP contribution in [0, 0.1) is 0 Å². The largest absolute Gasteiger partial charge is 0.493 e. The number of benzene rings is 1. The molecule has 0 bridgehead atoms. The van der Waals surface area contributed by atoms with Gasteiger partial charge in [-0.25, -0.2) is 0 Å². The Morgan fingerprint density at radius 3 is 2.21 bits per heavy atom. The Morgan fingerprint density at radius 2 is 1.84 bits per heavy atom. The smallest absolute Gasteiger partial charge is 0.240 e. The third-order valence-electron chi connectivity index (χ3n) is 2.98. The normalized spacial score (nSPS) is 13.5. The number of amides is 1. The van der Waals surface area contributed by atoms with Gasteiger partial charge in [0, 0.05) is 0 Å². The third-order valence-corrected chi connectivity index (χ3v) is 2.98. The van der Waals surface area contributed by atoms with Crippen molar-refractivity contribution >= 4 is 5.91 Å². The lowest BCUT2D eigenvalue weighted by Crippen LogP contribution is -2.55. The van der Waals surface area contributed by atoms with E-state index >= 15 is 0 Å². The van der Waals surface area contributed by atoms with Gasteiger partial charge in [-0.05, 0) is 26.1 Å². The van der Waals surface area contributed by atoms with Gasteiger partial charge in [0.2, 0.25) is 11.7 Å². The summed E-state index contributed by atoms with van der Waals surface area (Å²) in [5.74, 6) is 1.00. The van der Waals surface area contributed by atoms with Crippen molar-refractivity contribution in [2.75, 3.05) is 27.9 Å². The van der Waals surface area contributed by atoms with E-state index in [1.807, 2.05) is 0 Å². The lowest BCUT2D eigenvalue weighted by Gasteiger charge is -2.26. The second kappa shape index (κ2) is 6.29. The quantitative estimate of drug-likeness (QED) is 0.754. The number of carbonyl (C=O) groups is 1. The Labute approximate surface area is 112 Å². The topological polar surface area (TPSA) is 82.8 Å². The number of nitrogens with one attached hydrogen (secondary N) is 1. The fraction of sp³-hybridized carbons (Fsp3) is 0.462. The molecule has 0 aromatic heterocycles. The first-order valence-electron chi connectivity index (χ1n) is 5.81. The fourth-order valence-corrected chi connectivity index (χ4v) is 1.44. The molecular weight excluding hydrogens is 248 g/mol. The number of hydrogen-bond acceptors (Lipinski definition) is 5. The number of methoxy groups -OCH3 is 2. The number of nitrogens with two attached hydrogens (primary N) is 1. The van der Waals surface area contributed by atoms with Gasteiger partial charge in [-0.2, -0.15) is 0 Å². The van der Waals surface area contributed by atoms with Crippen LogP contribution in [-0.4, -0.2) is 39.3 Å². The molecule has 6 heteroatoms. The highest BCUT2D eigenvalue weighted by atomic mass is 16.5. The maximum Gasteiger partial charge on any atom is 0.240 e. The molecule has 6 nitrogen and oxygen atoms in total. The van der Waals surface area contributed by atoms with E-state index in [2.05, 4.69) is 5.32 Å². The van der Waals surface area contributed by atoms with Gasteiger partial charge in [0.05, 0.1) is 14.2 Å². The fourth-order valence-electron chi connectivity index (χ4n) is 1.44. The lowest BCUT2D eigenvalue weighted by molar-refractivity contribution is -0.124. The Hall–Kier alpha value is -1.95. The highest BCUT2D eigenvalue weighted by Gasteiger charge is 2.31. The molecule has 106 valence electrons. The van der Waals surface area contributed by atoms with Gasteiger partial charge in [0.25, 0.3) is 0 Å². The summed E-state index contributed by atoms with van der Waals surface area (Å²) in [5, 5.41) is 2.84. The molecule has 0 saturated carbocycles. The minimum atomic E-state index is -0.966. The molecule has 1 rings (SSSR count). The van der Waals surface area contributed by atoms with Gasteiger partial charge in [0.15, 0.2) is 11.5 Å². The first-order valence-corrected chi connectivity index (χ1v) is 5.81. The van der Waals surface area contributed by atoms with Gasteiger partial charge < -0.3 is 25.3 Å². The summed E-state index contributed by atoms with van der Waals surface area (Å²) in [5.41, 5.74) is 4.38. The second-order valence-corrected chi connectivity index (χ2v) is 4.23. The SMILES string of the molecule is CNC(C)(COc1c(OC)cccc1OC)C(N)=O. The zero-order chi connectivity index (χ0) is 14.5. The van der Waals surface area contributed by atoms with Crippen LogP contribution < -0.4 is 25.3 Å². The summed E-state index contributed by atoms with van der Waals surface area (Å²) in [7, 11) is 4.72. The van der Waals surface area contributed by atoms with E-state index in [0.29, 0.717) is 17.2 Å². The van der Waals surface area contributed by atoms with Gasteiger partial charge in [-0.1, -0.05) is 6.07 Å². The number of likely N-dealkylation sites (N-methyl/N-ethyl adjacent to an activating group) is 1. The van der Waals surface area contributed by atoms with E-state index in [0.717, 1.165) is 0 Å². The van der Waals surface area contributed by atoms with Crippen LogP contribution in [0.15, 0.2) is 18.2 Å². The molecule has 0 aliphatic carbocycles. The maximum absolute atomic E-state index is 11.4. The lowest BCUT2D eigenvalue weighted by atomic mass is 10.0. The highest BCUT2D eigenvalue weighted by Crippen LogP contribution is 2.37. The summed E-state index contributed by atoms with van der Waals surface area (Å²) in [6.45, 7) is 1.73. The van der Waals surface area contributed by atoms with Crippen molar-refractivity contribution in [2.24, 2.45) is 5.73 Å². The third kappa shape index (κ3) is 3.29. The molecule has 1 aromatic rings. The number of primary amides is 1. The molecule has 0 fully saturated rings. The van der Waals surface area contributed by atoms with Crippen molar-refractivity contribution in [3.63, 3.8) is 0 Å². The summed E-state index contributed by atoms with van der Waals surface area (Å²) in [4.78, 5) is 11.4.